The van der Waals surface area contributed by atoms with Crippen LogP contribution in [0.4, 0.5) is 10.6 Å². The summed E-state index contributed by atoms with van der Waals surface area (Å²) < 4.78 is 5.47. The lowest BCUT2D eigenvalue weighted by Gasteiger charge is -2.18. The lowest BCUT2D eigenvalue weighted by atomic mass is 9.98. The Hall–Kier alpha value is -3.87. The van der Waals surface area contributed by atoms with Gasteiger partial charge in [-0.05, 0) is 33.9 Å². The van der Waals surface area contributed by atoms with Crippen molar-refractivity contribution < 1.29 is 19.4 Å². The molecule has 1 amide bonds. The number of fused-ring (bicyclic) bond motifs is 3. The molecule has 1 heterocycles. The predicted octanol–water partition coefficient (Wildman–Crippen LogP) is 3.66. The highest BCUT2D eigenvalue weighted by Gasteiger charge is 2.30. The fraction of sp³-hybridized carbons (Fsp3) is 0.208. The van der Waals surface area contributed by atoms with Gasteiger partial charge in [-0.15, -0.1) is 0 Å². The van der Waals surface area contributed by atoms with Gasteiger partial charge in [-0.3, -0.25) is 0 Å². The van der Waals surface area contributed by atoms with Crippen LogP contribution in [0.2, 0.25) is 0 Å². The van der Waals surface area contributed by atoms with Crippen molar-refractivity contribution >= 4 is 17.9 Å². The Balaban J connectivity index is 1.44. The molecular formula is C24H23N3O4. The smallest absolute Gasteiger partial charge is 0.407 e. The first kappa shape index (κ1) is 20.4. The summed E-state index contributed by atoms with van der Waals surface area (Å²) in [5.41, 5.74) is 5.15. The van der Waals surface area contributed by atoms with Gasteiger partial charge in [0.25, 0.3) is 0 Å². The minimum atomic E-state index is -1.14. The average Bonchev–Trinajstić information content (AvgIpc) is 3.11. The molecule has 31 heavy (non-hydrogen) atoms. The van der Waals surface area contributed by atoms with Crippen LogP contribution in [0.15, 0.2) is 66.9 Å². The van der Waals surface area contributed by atoms with Gasteiger partial charge >= 0.3 is 12.1 Å². The number of carbonyl (C=O) groups is 2. The molecule has 0 saturated carbocycles. The highest BCUT2D eigenvalue weighted by atomic mass is 16.5. The summed E-state index contributed by atoms with van der Waals surface area (Å²) in [6, 6.07) is 18.4. The largest absolute Gasteiger partial charge is 0.480 e. The van der Waals surface area contributed by atoms with E-state index < -0.39 is 18.1 Å². The van der Waals surface area contributed by atoms with Crippen molar-refractivity contribution in [2.45, 2.75) is 18.4 Å². The topological polar surface area (TPSA) is 101 Å². The van der Waals surface area contributed by atoms with Crippen molar-refractivity contribution in [1.29, 1.82) is 0 Å². The van der Waals surface area contributed by atoms with Crippen LogP contribution in [0.25, 0.3) is 11.1 Å². The van der Waals surface area contributed by atoms with Crippen LogP contribution in [0.5, 0.6) is 0 Å². The van der Waals surface area contributed by atoms with E-state index in [1.54, 1.807) is 25.4 Å². The van der Waals surface area contributed by atoms with Crippen molar-refractivity contribution in [3.63, 3.8) is 0 Å². The number of anilines is 1. The quantitative estimate of drug-likeness (QED) is 0.542. The molecule has 4 rings (SSSR count). The SMILES string of the molecule is CNc1ncccc1CC(NC(=O)OCC1c2ccccc2-c2ccccc21)C(=O)O. The van der Waals surface area contributed by atoms with E-state index in [0.717, 1.165) is 22.3 Å². The third kappa shape index (κ3) is 4.21. The number of pyridine rings is 1. The molecule has 3 aromatic rings. The maximum Gasteiger partial charge on any atom is 0.407 e. The van der Waals surface area contributed by atoms with E-state index in [2.05, 4.69) is 27.8 Å². The van der Waals surface area contributed by atoms with Crippen molar-refractivity contribution in [2.75, 3.05) is 19.0 Å². The molecule has 3 N–H and O–H groups in total. The minimum absolute atomic E-state index is 0.0868. The van der Waals surface area contributed by atoms with Gasteiger partial charge in [0, 0.05) is 25.6 Å². The van der Waals surface area contributed by atoms with E-state index in [1.165, 1.54) is 0 Å². The number of carbonyl (C=O) groups excluding carboxylic acids is 1. The Kier molecular flexibility index (Phi) is 5.84. The van der Waals surface area contributed by atoms with Crippen LogP contribution in [-0.2, 0) is 16.0 Å². The molecule has 0 radical (unpaired) electrons. The second-order valence-corrected chi connectivity index (χ2v) is 7.33. The Morgan fingerprint density at radius 2 is 1.68 bits per heavy atom. The number of carboxylic acid groups (broad SMARTS) is 1. The number of benzene rings is 2. The van der Waals surface area contributed by atoms with Crippen LogP contribution in [0.3, 0.4) is 0 Å². The van der Waals surface area contributed by atoms with Crippen molar-refractivity contribution in [3.8, 4) is 11.1 Å². The second-order valence-electron chi connectivity index (χ2n) is 7.33. The number of nitrogens with one attached hydrogen (secondary N) is 2. The number of ether oxygens (including phenoxy) is 1. The summed E-state index contributed by atoms with van der Waals surface area (Å²) in [5.74, 6) is -0.654. The fourth-order valence-electron chi connectivity index (χ4n) is 4.03. The number of aromatic nitrogens is 1. The minimum Gasteiger partial charge on any atom is -0.480 e. The summed E-state index contributed by atoms with van der Waals surface area (Å²) in [6.07, 6.45) is 0.942. The summed E-state index contributed by atoms with van der Waals surface area (Å²) >= 11 is 0. The number of amides is 1. The van der Waals surface area contributed by atoms with Gasteiger partial charge in [-0.2, -0.15) is 0 Å². The molecule has 7 heteroatoms. The van der Waals surface area contributed by atoms with Crippen molar-refractivity contribution in [2.24, 2.45) is 0 Å². The molecule has 7 nitrogen and oxygen atoms in total. The molecule has 1 atom stereocenters. The highest BCUT2D eigenvalue weighted by molar-refractivity contribution is 5.81. The van der Waals surface area contributed by atoms with Crippen molar-refractivity contribution in [3.05, 3.63) is 83.6 Å². The lowest BCUT2D eigenvalue weighted by molar-refractivity contribution is -0.139. The van der Waals surface area contributed by atoms with Crippen LogP contribution in [0, 0.1) is 0 Å². The number of hydrogen-bond donors (Lipinski definition) is 3. The summed E-state index contributed by atoms with van der Waals surface area (Å²) in [7, 11) is 1.71. The first-order valence-electron chi connectivity index (χ1n) is 10.0. The third-order valence-electron chi connectivity index (χ3n) is 5.49. The van der Waals surface area contributed by atoms with Crippen LogP contribution >= 0.6 is 0 Å². The van der Waals surface area contributed by atoms with Gasteiger partial charge in [-0.25, -0.2) is 14.6 Å². The molecular weight excluding hydrogens is 394 g/mol. The van der Waals surface area contributed by atoms with Crippen molar-refractivity contribution in [1.82, 2.24) is 10.3 Å². The number of rotatable bonds is 7. The number of alkyl carbamates (subject to hydrolysis) is 1. The molecule has 0 fully saturated rings. The number of aliphatic carboxylic acids is 1. The first-order valence-corrected chi connectivity index (χ1v) is 10.0. The van der Waals surface area contributed by atoms with Gasteiger partial charge in [0.2, 0.25) is 0 Å². The zero-order valence-electron chi connectivity index (χ0n) is 17.0. The first-order chi connectivity index (χ1) is 15.1. The molecule has 1 aliphatic carbocycles. The van der Waals surface area contributed by atoms with E-state index >= 15 is 0 Å². The third-order valence-corrected chi connectivity index (χ3v) is 5.49. The molecule has 0 saturated heterocycles. The van der Waals surface area contributed by atoms with Crippen LogP contribution in [0.1, 0.15) is 22.6 Å². The van der Waals surface area contributed by atoms with E-state index in [-0.39, 0.29) is 18.9 Å². The zero-order chi connectivity index (χ0) is 21.8. The molecule has 158 valence electrons. The Labute approximate surface area is 180 Å². The zero-order valence-corrected chi connectivity index (χ0v) is 17.0. The van der Waals surface area contributed by atoms with Crippen LogP contribution < -0.4 is 10.6 Å². The van der Waals surface area contributed by atoms with Crippen LogP contribution in [-0.4, -0.2) is 41.8 Å². The van der Waals surface area contributed by atoms with E-state index in [0.29, 0.717) is 11.4 Å². The van der Waals surface area contributed by atoms with E-state index in [4.69, 9.17) is 4.74 Å². The maximum atomic E-state index is 12.5. The normalized spacial score (nSPS) is 13.1. The van der Waals surface area contributed by atoms with Gasteiger partial charge < -0.3 is 20.5 Å². The molecule has 1 aliphatic rings. The van der Waals surface area contributed by atoms with Gasteiger partial charge in [0.15, 0.2) is 0 Å². The molecule has 1 unspecified atom stereocenters. The van der Waals surface area contributed by atoms with E-state index in [1.807, 2.05) is 36.4 Å². The molecule has 0 bridgehead atoms. The standard InChI is InChI=1S/C24H23N3O4/c1-25-22-15(7-6-12-26-22)13-21(23(28)29)27-24(30)31-14-20-18-10-4-2-8-16(18)17-9-3-5-11-19(17)20/h2-12,20-21H,13-14H2,1H3,(H,25,26)(H,27,30)(H,28,29). The molecule has 2 aromatic carbocycles. The van der Waals surface area contributed by atoms with Gasteiger partial charge in [0.05, 0.1) is 0 Å². The summed E-state index contributed by atoms with van der Waals surface area (Å²) in [6.45, 7) is 0.126. The second kappa shape index (κ2) is 8.87. The predicted molar refractivity (Wildman–Crippen MR) is 117 cm³/mol. The average molecular weight is 417 g/mol. The molecule has 0 spiro atoms. The molecule has 1 aromatic heterocycles. The Morgan fingerprint density at radius 3 is 2.29 bits per heavy atom. The van der Waals surface area contributed by atoms with Gasteiger partial charge in [-0.1, -0.05) is 54.6 Å². The Bertz CT molecular complexity index is 1070. The monoisotopic (exact) mass is 417 g/mol. The molecule has 0 aliphatic heterocycles. The fourth-order valence-corrected chi connectivity index (χ4v) is 4.03. The number of nitrogens with zero attached hydrogens (tertiary/aromatic N) is 1. The summed E-state index contributed by atoms with van der Waals surface area (Å²) in [4.78, 5) is 28.3. The lowest BCUT2D eigenvalue weighted by Crippen LogP contribution is -2.43. The van der Waals surface area contributed by atoms with E-state index in [9.17, 15) is 14.7 Å². The maximum absolute atomic E-state index is 12.5. The Morgan fingerprint density at radius 1 is 1.03 bits per heavy atom. The summed E-state index contributed by atoms with van der Waals surface area (Å²) in [5, 5.41) is 15.0. The number of hydrogen-bond acceptors (Lipinski definition) is 5. The number of carboxylic acids is 1. The van der Waals surface area contributed by atoms with Gasteiger partial charge in [0.1, 0.15) is 18.5 Å². The highest BCUT2D eigenvalue weighted by Crippen LogP contribution is 2.44.